The van der Waals surface area contributed by atoms with E-state index in [1.54, 1.807) is 18.2 Å². The zero-order chi connectivity index (χ0) is 15.0. The number of anilines is 2. The molecule has 2 N–H and O–H groups in total. The Morgan fingerprint density at radius 2 is 1.95 bits per heavy atom. The minimum absolute atomic E-state index is 0.0227. The highest BCUT2D eigenvalue weighted by Gasteiger charge is 2.20. The predicted molar refractivity (Wildman–Crippen MR) is 85.9 cm³/mol. The van der Waals surface area contributed by atoms with Gasteiger partial charge in [0.1, 0.15) is 4.90 Å². The maximum Gasteiger partial charge on any atom is 0.263 e. The molecule has 0 aliphatic carbocycles. The molecule has 1 heterocycles. The number of sulfonamides is 1. The monoisotopic (exact) mass is 342 g/mol. The zero-order valence-corrected chi connectivity index (χ0v) is 13.2. The average molecular weight is 343 g/mol. The van der Waals surface area contributed by atoms with Gasteiger partial charge in [-0.25, -0.2) is 8.42 Å². The van der Waals surface area contributed by atoms with Crippen LogP contribution in [-0.2, 0) is 16.4 Å². The van der Waals surface area contributed by atoms with Gasteiger partial charge < -0.3 is 5.32 Å². The third-order valence-electron chi connectivity index (χ3n) is 3.27. The highest BCUT2D eigenvalue weighted by atomic mass is 35.5. The molecule has 1 aliphatic rings. The van der Waals surface area contributed by atoms with E-state index in [0.717, 1.165) is 24.2 Å². The fourth-order valence-corrected chi connectivity index (χ4v) is 4.08. The summed E-state index contributed by atoms with van der Waals surface area (Å²) in [6.07, 6.45) is 0.878. The van der Waals surface area contributed by atoms with Crippen LogP contribution in [0.2, 0.25) is 10.0 Å². The first-order valence-corrected chi connectivity index (χ1v) is 8.55. The van der Waals surface area contributed by atoms with Crippen molar-refractivity contribution in [2.24, 2.45) is 0 Å². The van der Waals surface area contributed by atoms with Gasteiger partial charge in [-0.1, -0.05) is 29.3 Å². The summed E-state index contributed by atoms with van der Waals surface area (Å²) in [5.41, 5.74) is 2.64. The number of nitrogens with one attached hydrogen (secondary N) is 2. The molecule has 2 aromatic rings. The fourth-order valence-electron chi connectivity index (χ4n) is 2.27. The van der Waals surface area contributed by atoms with E-state index in [-0.39, 0.29) is 14.9 Å². The molecule has 0 amide bonds. The first-order chi connectivity index (χ1) is 9.97. The van der Waals surface area contributed by atoms with Crippen LogP contribution in [0.1, 0.15) is 5.56 Å². The molecular weight excluding hydrogens is 331 g/mol. The molecule has 4 nitrogen and oxygen atoms in total. The molecule has 0 bridgehead atoms. The summed E-state index contributed by atoms with van der Waals surface area (Å²) in [6, 6.07) is 9.92. The second-order valence-electron chi connectivity index (χ2n) is 4.71. The maximum absolute atomic E-state index is 12.4. The molecule has 3 rings (SSSR count). The van der Waals surface area contributed by atoms with Crippen LogP contribution < -0.4 is 10.0 Å². The number of hydrogen-bond acceptors (Lipinski definition) is 3. The van der Waals surface area contributed by atoms with Crippen molar-refractivity contribution in [1.82, 2.24) is 0 Å². The van der Waals surface area contributed by atoms with Gasteiger partial charge in [-0.05, 0) is 42.3 Å². The molecule has 0 aromatic heterocycles. The highest BCUT2D eigenvalue weighted by molar-refractivity contribution is 7.92. The number of benzene rings is 2. The Balaban J connectivity index is 1.95. The highest BCUT2D eigenvalue weighted by Crippen LogP contribution is 2.31. The summed E-state index contributed by atoms with van der Waals surface area (Å²) in [4.78, 5) is -0.0321. The number of halogens is 2. The SMILES string of the molecule is O=S(=O)(Nc1ccc2c(c1)CCN2)c1cccc(Cl)c1Cl. The van der Waals surface area contributed by atoms with Crippen molar-refractivity contribution < 1.29 is 8.42 Å². The van der Waals surface area contributed by atoms with Gasteiger partial charge in [-0.2, -0.15) is 0 Å². The molecule has 110 valence electrons. The van der Waals surface area contributed by atoms with E-state index in [4.69, 9.17) is 23.2 Å². The lowest BCUT2D eigenvalue weighted by Crippen LogP contribution is -2.13. The molecule has 2 aromatic carbocycles. The van der Waals surface area contributed by atoms with Gasteiger partial charge in [0.15, 0.2) is 0 Å². The van der Waals surface area contributed by atoms with Crippen LogP contribution in [0.3, 0.4) is 0 Å². The summed E-state index contributed by atoms with van der Waals surface area (Å²) in [6.45, 7) is 0.867. The lowest BCUT2D eigenvalue weighted by Gasteiger charge is -2.11. The van der Waals surface area contributed by atoms with E-state index in [9.17, 15) is 8.42 Å². The van der Waals surface area contributed by atoms with Crippen LogP contribution in [0.4, 0.5) is 11.4 Å². The molecule has 0 spiro atoms. The number of fused-ring (bicyclic) bond motifs is 1. The smallest absolute Gasteiger partial charge is 0.263 e. The Kier molecular flexibility index (Phi) is 3.73. The number of hydrogen-bond donors (Lipinski definition) is 2. The molecule has 1 aliphatic heterocycles. The Morgan fingerprint density at radius 3 is 2.76 bits per heavy atom. The van der Waals surface area contributed by atoms with Gasteiger partial charge in [-0.3, -0.25) is 4.72 Å². The zero-order valence-electron chi connectivity index (χ0n) is 10.9. The Labute approximate surface area is 133 Å². The maximum atomic E-state index is 12.4. The van der Waals surface area contributed by atoms with Crippen molar-refractivity contribution in [1.29, 1.82) is 0 Å². The quantitative estimate of drug-likeness (QED) is 0.892. The Hall–Kier alpha value is -1.43. The fraction of sp³-hybridized carbons (Fsp3) is 0.143. The molecular formula is C14H12Cl2N2O2S. The third kappa shape index (κ3) is 2.81. The summed E-state index contributed by atoms with van der Waals surface area (Å²) in [5, 5.41) is 3.45. The molecule has 0 fully saturated rings. The molecule has 21 heavy (non-hydrogen) atoms. The predicted octanol–water partition coefficient (Wildman–Crippen LogP) is 3.76. The van der Waals surface area contributed by atoms with Crippen molar-refractivity contribution in [3.63, 3.8) is 0 Å². The minimum Gasteiger partial charge on any atom is -0.384 e. The third-order valence-corrected chi connectivity index (χ3v) is 5.63. The second kappa shape index (κ2) is 5.40. The van der Waals surface area contributed by atoms with Gasteiger partial charge in [0, 0.05) is 17.9 Å². The Bertz CT molecular complexity index is 807. The van der Waals surface area contributed by atoms with E-state index in [1.807, 2.05) is 12.1 Å². The summed E-state index contributed by atoms with van der Waals surface area (Å²) < 4.78 is 27.3. The van der Waals surface area contributed by atoms with Gasteiger partial charge >= 0.3 is 0 Å². The minimum atomic E-state index is -3.77. The average Bonchev–Trinajstić information content (AvgIpc) is 2.88. The summed E-state index contributed by atoms with van der Waals surface area (Å²) in [7, 11) is -3.77. The molecule has 0 unspecified atom stereocenters. The van der Waals surface area contributed by atoms with E-state index < -0.39 is 10.0 Å². The Morgan fingerprint density at radius 1 is 1.14 bits per heavy atom. The van der Waals surface area contributed by atoms with Crippen molar-refractivity contribution in [3.8, 4) is 0 Å². The van der Waals surface area contributed by atoms with Crippen LogP contribution in [0.25, 0.3) is 0 Å². The molecule has 0 saturated heterocycles. The molecule has 0 radical (unpaired) electrons. The standard InChI is InChI=1S/C14H12Cl2N2O2S/c15-11-2-1-3-13(14(11)16)21(19,20)18-10-4-5-12-9(8-10)6-7-17-12/h1-5,8,17-18H,6-7H2. The molecule has 0 saturated carbocycles. The van der Waals surface area contributed by atoms with Crippen molar-refractivity contribution in [3.05, 3.63) is 52.0 Å². The lowest BCUT2D eigenvalue weighted by molar-refractivity contribution is 0.601. The lowest BCUT2D eigenvalue weighted by atomic mass is 10.1. The van der Waals surface area contributed by atoms with Crippen LogP contribution >= 0.6 is 23.2 Å². The normalized spacial score (nSPS) is 13.6. The molecule has 0 atom stereocenters. The van der Waals surface area contributed by atoms with Crippen LogP contribution in [-0.4, -0.2) is 15.0 Å². The van der Waals surface area contributed by atoms with Gasteiger partial charge in [0.05, 0.1) is 10.0 Å². The van der Waals surface area contributed by atoms with E-state index >= 15 is 0 Å². The number of rotatable bonds is 3. The summed E-state index contributed by atoms with van der Waals surface area (Å²) >= 11 is 11.8. The topological polar surface area (TPSA) is 58.2 Å². The van der Waals surface area contributed by atoms with Crippen LogP contribution in [0, 0.1) is 0 Å². The van der Waals surface area contributed by atoms with Crippen LogP contribution in [0.5, 0.6) is 0 Å². The van der Waals surface area contributed by atoms with E-state index in [1.165, 1.54) is 6.07 Å². The second-order valence-corrected chi connectivity index (χ2v) is 7.14. The first kappa shape index (κ1) is 14.5. The van der Waals surface area contributed by atoms with E-state index in [2.05, 4.69) is 10.0 Å². The van der Waals surface area contributed by atoms with Crippen molar-refractivity contribution >= 4 is 44.6 Å². The van der Waals surface area contributed by atoms with Crippen molar-refractivity contribution in [2.45, 2.75) is 11.3 Å². The molecule has 7 heteroatoms. The summed E-state index contributed by atoms with van der Waals surface area (Å²) in [5.74, 6) is 0. The van der Waals surface area contributed by atoms with Gasteiger partial charge in [-0.15, -0.1) is 0 Å². The van der Waals surface area contributed by atoms with Gasteiger partial charge in [0.25, 0.3) is 10.0 Å². The largest absolute Gasteiger partial charge is 0.384 e. The first-order valence-electron chi connectivity index (χ1n) is 6.31. The van der Waals surface area contributed by atoms with Crippen molar-refractivity contribution in [2.75, 3.05) is 16.6 Å². The van der Waals surface area contributed by atoms with Gasteiger partial charge in [0.2, 0.25) is 0 Å². The van der Waals surface area contributed by atoms with Crippen LogP contribution in [0.15, 0.2) is 41.3 Å². The van der Waals surface area contributed by atoms with E-state index in [0.29, 0.717) is 5.69 Å².